The lowest BCUT2D eigenvalue weighted by Gasteiger charge is -2.17. The van der Waals surface area contributed by atoms with Crippen LogP contribution in [0.4, 0.5) is 5.69 Å². The average Bonchev–Trinajstić information content (AvgIpc) is 2.59. The molecule has 0 aromatic carbocycles. The summed E-state index contributed by atoms with van der Waals surface area (Å²) in [4.78, 5) is 19.1. The lowest BCUT2D eigenvalue weighted by molar-refractivity contribution is -0.386. The van der Waals surface area contributed by atoms with E-state index in [1.807, 2.05) is 6.08 Å². The van der Waals surface area contributed by atoms with Gasteiger partial charge in [0.15, 0.2) is 0 Å². The van der Waals surface area contributed by atoms with Crippen molar-refractivity contribution < 1.29 is 9.66 Å². The normalized spacial score (nSPS) is 15.6. The van der Waals surface area contributed by atoms with Crippen molar-refractivity contribution in [3.8, 4) is 5.88 Å². The van der Waals surface area contributed by atoms with Crippen molar-refractivity contribution in [3.05, 3.63) is 39.7 Å². The number of hydrogen-bond donors (Lipinski definition) is 2. The molecule has 1 aliphatic heterocycles. The number of ether oxygens (including phenoxy) is 1. The Hall–Kier alpha value is -2.74. The van der Waals surface area contributed by atoms with Crippen LogP contribution in [0.25, 0.3) is 11.1 Å². The molecule has 0 unspecified atom stereocenters. The van der Waals surface area contributed by atoms with Crippen LogP contribution in [-0.2, 0) is 0 Å². The summed E-state index contributed by atoms with van der Waals surface area (Å²) in [7, 11) is 2.97. The van der Waals surface area contributed by atoms with E-state index in [2.05, 4.69) is 15.3 Å². The summed E-state index contributed by atoms with van der Waals surface area (Å²) in [6.45, 7) is 1.54. The zero-order valence-corrected chi connectivity index (χ0v) is 13.1. The maximum Gasteiger partial charge on any atom is 0.331 e. The van der Waals surface area contributed by atoms with Gasteiger partial charge in [0.2, 0.25) is 0 Å². The van der Waals surface area contributed by atoms with Crippen molar-refractivity contribution in [2.24, 2.45) is 10.7 Å². The molecule has 0 fully saturated rings. The van der Waals surface area contributed by atoms with Crippen molar-refractivity contribution >= 4 is 23.0 Å². The van der Waals surface area contributed by atoms with E-state index in [4.69, 9.17) is 10.5 Å². The number of aromatic nitrogens is 1. The lowest BCUT2D eigenvalue weighted by atomic mass is 9.96. The maximum atomic E-state index is 11.3. The van der Waals surface area contributed by atoms with Crippen molar-refractivity contribution in [1.82, 2.24) is 10.3 Å². The van der Waals surface area contributed by atoms with Gasteiger partial charge in [-0.3, -0.25) is 15.1 Å². The van der Waals surface area contributed by atoms with Crippen LogP contribution in [-0.4, -0.2) is 43.4 Å². The highest BCUT2D eigenvalue weighted by Crippen LogP contribution is 2.34. The summed E-state index contributed by atoms with van der Waals surface area (Å²) in [5.41, 5.74) is 8.23. The van der Waals surface area contributed by atoms with Gasteiger partial charge in [-0.05, 0) is 18.5 Å². The Morgan fingerprint density at radius 3 is 2.91 bits per heavy atom. The number of hydrogen-bond acceptors (Lipinski definition) is 7. The van der Waals surface area contributed by atoms with E-state index in [1.165, 1.54) is 19.4 Å². The molecule has 0 aliphatic carbocycles. The zero-order valence-electron chi connectivity index (χ0n) is 13.1. The van der Waals surface area contributed by atoms with Gasteiger partial charge in [-0.1, -0.05) is 6.08 Å². The summed E-state index contributed by atoms with van der Waals surface area (Å²) in [5, 5.41) is 14.5. The number of allylic oxidation sites excluding steroid dienone is 1. The number of pyridine rings is 1. The topological polar surface area (TPSA) is 116 Å². The Labute approximate surface area is 133 Å². The van der Waals surface area contributed by atoms with E-state index in [-0.39, 0.29) is 11.6 Å². The first-order chi connectivity index (χ1) is 11.1. The fraction of sp³-hybridized carbons (Fsp3) is 0.333. The van der Waals surface area contributed by atoms with Crippen molar-refractivity contribution in [2.75, 3.05) is 27.2 Å². The summed E-state index contributed by atoms with van der Waals surface area (Å²) in [6, 6.07) is 1.43. The number of nitro groups is 1. The van der Waals surface area contributed by atoms with E-state index < -0.39 is 4.92 Å². The smallest absolute Gasteiger partial charge is 0.331 e. The lowest BCUT2D eigenvalue weighted by Crippen LogP contribution is -2.21. The standard InChI is InChI=1S/C15H19N5O3/c1-17-9-11(8-16)12-7-13(20(21)22)15(23-2)19-14(12)10-3-5-18-6-4-10/h3,7-9,18H,4-6,16H2,1-2H3. The molecule has 2 heterocycles. The molecule has 8 heteroatoms. The molecule has 3 N–H and O–H groups in total. The van der Waals surface area contributed by atoms with Gasteiger partial charge in [0.25, 0.3) is 5.88 Å². The number of nitrogens with zero attached hydrogens (tertiary/aromatic N) is 3. The summed E-state index contributed by atoms with van der Waals surface area (Å²) in [6.07, 6.45) is 5.70. The Morgan fingerprint density at radius 2 is 2.39 bits per heavy atom. The first kappa shape index (κ1) is 16.6. The minimum atomic E-state index is -0.521. The van der Waals surface area contributed by atoms with Gasteiger partial charge in [0.05, 0.1) is 17.7 Å². The van der Waals surface area contributed by atoms with Crippen molar-refractivity contribution in [2.45, 2.75) is 6.42 Å². The van der Waals surface area contributed by atoms with Crippen LogP contribution in [0.15, 0.2) is 23.3 Å². The van der Waals surface area contributed by atoms with Gasteiger partial charge in [0.1, 0.15) is 0 Å². The third-order valence-electron chi connectivity index (χ3n) is 3.49. The van der Waals surface area contributed by atoms with Crippen molar-refractivity contribution in [1.29, 1.82) is 0 Å². The molecule has 2 rings (SSSR count). The Kier molecular flexibility index (Phi) is 5.42. The van der Waals surface area contributed by atoms with Gasteiger partial charge in [-0.25, -0.2) is 4.98 Å². The second-order valence-corrected chi connectivity index (χ2v) is 4.86. The number of aliphatic imine (C=N–C) groups is 1. The van der Waals surface area contributed by atoms with Crippen LogP contribution in [0.3, 0.4) is 0 Å². The molecular weight excluding hydrogens is 298 g/mol. The van der Waals surface area contributed by atoms with E-state index in [0.717, 1.165) is 25.1 Å². The fourth-order valence-electron chi connectivity index (χ4n) is 2.41. The van der Waals surface area contributed by atoms with Gasteiger partial charge in [0, 0.05) is 43.2 Å². The second kappa shape index (κ2) is 7.50. The highest BCUT2D eigenvalue weighted by atomic mass is 16.6. The molecule has 1 aliphatic rings. The Bertz CT molecular complexity index is 695. The molecule has 0 atom stereocenters. The predicted molar refractivity (Wildman–Crippen MR) is 89.5 cm³/mol. The van der Waals surface area contributed by atoms with Crippen LogP contribution >= 0.6 is 0 Å². The SMILES string of the molecule is CN=CC(=CN)c1cc([N+](=O)[O-])c(OC)nc1C1=CCNCC1. The minimum absolute atomic E-state index is 0.0157. The summed E-state index contributed by atoms with van der Waals surface area (Å²) in [5.74, 6) is -0.0157. The van der Waals surface area contributed by atoms with Gasteiger partial charge in [-0.2, -0.15) is 0 Å². The first-order valence-electron chi connectivity index (χ1n) is 7.10. The maximum absolute atomic E-state index is 11.3. The number of methoxy groups -OCH3 is 1. The van der Waals surface area contributed by atoms with Gasteiger partial charge in [-0.15, -0.1) is 0 Å². The van der Waals surface area contributed by atoms with Crippen LogP contribution in [0, 0.1) is 10.1 Å². The summed E-state index contributed by atoms with van der Waals surface area (Å²) >= 11 is 0. The zero-order chi connectivity index (χ0) is 16.8. The predicted octanol–water partition coefficient (Wildman–Crippen LogP) is 1.38. The molecule has 0 saturated carbocycles. The molecule has 8 nitrogen and oxygen atoms in total. The molecule has 122 valence electrons. The average molecular weight is 317 g/mol. The largest absolute Gasteiger partial charge is 0.476 e. The van der Waals surface area contributed by atoms with Crippen LogP contribution in [0.2, 0.25) is 0 Å². The number of nitrogens with two attached hydrogens (primary N) is 1. The Balaban J connectivity index is 2.71. The monoisotopic (exact) mass is 317 g/mol. The molecule has 0 saturated heterocycles. The highest BCUT2D eigenvalue weighted by Gasteiger charge is 2.24. The highest BCUT2D eigenvalue weighted by molar-refractivity contribution is 6.11. The van der Waals surface area contributed by atoms with Crippen molar-refractivity contribution in [3.63, 3.8) is 0 Å². The van der Waals surface area contributed by atoms with Crippen LogP contribution in [0.1, 0.15) is 17.7 Å². The minimum Gasteiger partial charge on any atom is -0.476 e. The Morgan fingerprint density at radius 1 is 1.61 bits per heavy atom. The van der Waals surface area contributed by atoms with E-state index >= 15 is 0 Å². The molecule has 1 aromatic rings. The van der Waals surface area contributed by atoms with Gasteiger partial charge >= 0.3 is 5.69 Å². The molecule has 1 aromatic heterocycles. The molecule has 23 heavy (non-hydrogen) atoms. The summed E-state index contributed by atoms with van der Waals surface area (Å²) < 4.78 is 5.09. The molecule has 0 bridgehead atoms. The fourth-order valence-corrected chi connectivity index (χ4v) is 2.41. The molecule has 0 spiro atoms. The molecule has 0 radical (unpaired) electrons. The van der Waals surface area contributed by atoms with E-state index in [1.54, 1.807) is 13.3 Å². The molecule has 0 amide bonds. The molecular formula is C15H19N5O3. The third-order valence-corrected chi connectivity index (χ3v) is 3.49. The van der Waals surface area contributed by atoms with Gasteiger partial charge < -0.3 is 15.8 Å². The number of rotatable bonds is 5. The van der Waals surface area contributed by atoms with E-state index in [9.17, 15) is 10.1 Å². The quantitative estimate of drug-likeness (QED) is 0.481. The first-order valence-corrected chi connectivity index (χ1v) is 7.10. The van der Waals surface area contributed by atoms with E-state index in [0.29, 0.717) is 16.8 Å². The van der Waals surface area contributed by atoms with Crippen LogP contribution in [0.5, 0.6) is 5.88 Å². The second-order valence-electron chi connectivity index (χ2n) is 4.86. The van der Waals surface area contributed by atoms with Crippen LogP contribution < -0.4 is 15.8 Å². The third kappa shape index (κ3) is 3.54. The number of nitrogens with one attached hydrogen (secondary N) is 1.